The molecule has 2 aromatic heterocycles. The number of rotatable bonds is 3. The fourth-order valence-corrected chi connectivity index (χ4v) is 3.47. The van der Waals surface area contributed by atoms with E-state index in [4.69, 9.17) is 0 Å². The lowest BCUT2D eigenvalue weighted by atomic mass is 9.90. The van der Waals surface area contributed by atoms with Gasteiger partial charge in [-0.15, -0.1) is 0 Å². The molecule has 0 radical (unpaired) electrons. The predicted octanol–water partition coefficient (Wildman–Crippen LogP) is 0.878. The van der Waals surface area contributed by atoms with Crippen LogP contribution in [0.15, 0.2) is 23.4 Å². The third kappa shape index (κ3) is 2.53. The molecular formula is C17H22N4O3. The van der Waals surface area contributed by atoms with Gasteiger partial charge in [-0.2, -0.15) is 0 Å². The van der Waals surface area contributed by atoms with E-state index in [0.717, 1.165) is 12.8 Å². The number of H-pyrrole nitrogens is 1. The van der Waals surface area contributed by atoms with E-state index in [1.54, 1.807) is 12.3 Å². The highest BCUT2D eigenvalue weighted by Gasteiger charge is 2.48. The Hall–Kier alpha value is -2.15. The molecule has 2 aromatic rings. The van der Waals surface area contributed by atoms with Gasteiger partial charge in [-0.05, 0) is 31.7 Å². The number of amides is 1. The minimum Gasteiger partial charge on any atom is -0.388 e. The van der Waals surface area contributed by atoms with Gasteiger partial charge in [-0.3, -0.25) is 14.2 Å². The van der Waals surface area contributed by atoms with E-state index in [1.807, 2.05) is 11.8 Å². The molecule has 1 saturated heterocycles. The van der Waals surface area contributed by atoms with Crippen LogP contribution >= 0.6 is 0 Å². The van der Waals surface area contributed by atoms with E-state index in [1.165, 1.54) is 10.9 Å². The number of hydrogen-bond donors (Lipinski definition) is 2. The largest absolute Gasteiger partial charge is 0.388 e. The summed E-state index contributed by atoms with van der Waals surface area (Å²) in [5.74, 6) is 0.206. The number of likely N-dealkylation sites (tertiary alicyclic amines) is 1. The van der Waals surface area contributed by atoms with Crippen molar-refractivity contribution in [1.82, 2.24) is 19.4 Å². The number of aliphatic hydroxyl groups is 1. The van der Waals surface area contributed by atoms with Crippen molar-refractivity contribution in [3.05, 3.63) is 28.9 Å². The Morgan fingerprint density at radius 2 is 2.04 bits per heavy atom. The lowest BCUT2D eigenvalue weighted by Crippen LogP contribution is -2.51. The second kappa shape index (κ2) is 5.17. The Balaban J connectivity index is 1.47. The van der Waals surface area contributed by atoms with Crippen molar-refractivity contribution < 1.29 is 9.90 Å². The highest BCUT2D eigenvalue weighted by Crippen LogP contribution is 2.47. The standard InChI is InChI=1S/C17H22N4O3/c1-16(3-4-16)15(23)20-8-5-17(24,6-9-20)10-21-11-19-13-12(14(21)22)2-7-18-13/h2,7,11,18,24H,3-6,8-10H2,1H3. The van der Waals surface area contributed by atoms with Crippen molar-refractivity contribution in [2.45, 2.75) is 44.8 Å². The molecule has 0 unspecified atom stereocenters. The lowest BCUT2D eigenvalue weighted by molar-refractivity contribution is -0.141. The Bertz CT molecular complexity index is 841. The number of hydrogen-bond acceptors (Lipinski definition) is 4. The van der Waals surface area contributed by atoms with Gasteiger partial charge in [-0.25, -0.2) is 4.98 Å². The molecule has 2 aliphatic rings. The van der Waals surface area contributed by atoms with Crippen LogP contribution in [0, 0.1) is 5.41 Å². The van der Waals surface area contributed by atoms with E-state index < -0.39 is 5.60 Å². The van der Waals surface area contributed by atoms with Gasteiger partial charge in [0.2, 0.25) is 5.91 Å². The zero-order valence-electron chi connectivity index (χ0n) is 13.8. The molecule has 1 saturated carbocycles. The monoisotopic (exact) mass is 330 g/mol. The molecule has 7 nitrogen and oxygen atoms in total. The number of carbonyl (C=O) groups is 1. The average Bonchev–Trinajstić information content (AvgIpc) is 3.13. The third-order valence-electron chi connectivity index (χ3n) is 5.51. The molecule has 7 heteroatoms. The van der Waals surface area contributed by atoms with Crippen LogP contribution in [-0.2, 0) is 11.3 Å². The molecular weight excluding hydrogens is 308 g/mol. The van der Waals surface area contributed by atoms with Gasteiger partial charge >= 0.3 is 0 Å². The summed E-state index contributed by atoms with van der Waals surface area (Å²) in [6.07, 6.45) is 6.04. The molecule has 2 fully saturated rings. The first-order chi connectivity index (χ1) is 11.4. The van der Waals surface area contributed by atoms with E-state index in [0.29, 0.717) is 37.0 Å². The SMILES string of the molecule is CC1(C(=O)N2CCC(O)(Cn3cnc4[nH]ccc4c3=O)CC2)CC1. The molecule has 24 heavy (non-hydrogen) atoms. The van der Waals surface area contributed by atoms with Gasteiger partial charge in [0.15, 0.2) is 0 Å². The summed E-state index contributed by atoms with van der Waals surface area (Å²) in [4.78, 5) is 33.8. The lowest BCUT2D eigenvalue weighted by Gasteiger charge is -2.39. The fraction of sp³-hybridized carbons (Fsp3) is 0.588. The summed E-state index contributed by atoms with van der Waals surface area (Å²) in [7, 11) is 0. The first-order valence-electron chi connectivity index (χ1n) is 8.45. The minimum absolute atomic E-state index is 0.154. The smallest absolute Gasteiger partial charge is 0.262 e. The van der Waals surface area contributed by atoms with E-state index >= 15 is 0 Å². The fourth-order valence-electron chi connectivity index (χ4n) is 3.47. The van der Waals surface area contributed by atoms with Crippen molar-refractivity contribution >= 4 is 16.9 Å². The summed E-state index contributed by atoms with van der Waals surface area (Å²) in [5.41, 5.74) is -0.744. The number of nitrogens with one attached hydrogen (secondary N) is 1. The minimum atomic E-state index is -0.975. The summed E-state index contributed by atoms with van der Waals surface area (Å²) in [6.45, 7) is 3.30. The van der Waals surface area contributed by atoms with Crippen LogP contribution in [0.3, 0.4) is 0 Å². The number of aromatic nitrogens is 3. The molecule has 1 amide bonds. The van der Waals surface area contributed by atoms with Gasteiger partial charge in [0, 0.05) is 24.7 Å². The first kappa shape index (κ1) is 15.4. The van der Waals surface area contributed by atoms with Gasteiger partial charge in [-0.1, -0.05) is 6.92 Å². The van der Waals surface area contributed by atoms with E-state index in [2.05, 4.69) is 9.97 Å². The maximum absolute atomic E-state index is 12.4. The van der Waals surface area contributed by atoms with Crippen molar-refractivity contribution in [3.63, 3.8) is 0 Å². The van der Waals surface area contributed by atoms with Crippen molar-refractivity contribution in [2.24, 2.45) is 5.41 Å². The molecule has 3 heterocycles. The molecule has 2 N–H and O–H groups in total. The molecule has 1 aliphatic carbocycles. The summed E-state index contributed by atoms with van der Waals surface area (Å²) in [5, 5.41) is 11.4. The van der Waals surface area contributed by atoms with Crippen LogP contribution in [0.4, 0.5) is 0 Å². The summed E-state index contributed by atoms with van der Waals surface area (Å²) >= 11 is 0. The van der Waals surface area contributed by atoms with E-state index in [-0.39, 0.29) is 23.4 Å². The Labute approximate surface area is 139 Å². The van der Waals surface area contributed by atoms with Gasteiger partial charge in [0.25, 0.3) is 5.56 Å². The summed E-state index contributed by atoms with van der Waals surface area (Å²) in [6, 6.07) is 1.70. The first-order valence-corrected chi connectivity index (χ1v) is 8.45. The second-order valence-corrected chi connectivity index (χ2v) is 7.49. The Morgan fingerprint density at radius 3 is 2.71 bits per heavy atom. The van der Waals surface area contributed by atoms with Gasteiger partial charge in [0.05, 0.1) is 23.9 Å². The van der Waals surface area contributed by atoms with Crippen molar-refractivity contribution in [2.75, 3.05) is 13.1 Å². The molecule has 4 rings (SSSR count). The van der Waals surface area contributed by atoms with Crippen LogP contribution in [-0.4, -0.2) is 49.1 Å². The zero-order valence-corrected chi connectivity index (χ0v) is 13.8. The number of piperidine rings is 1. The van der Waals surface area contributed by atoms with Gasteiger partial charge < -0.3 is 15.0 Å². The molecule has 1 aliphatic heterocycles. The Morgan fingerprint density at radius 1 is 1.33 bits per heavy atom. The van der Waals surface area contributed by atoms with Crippen LogP contribution in [0.1, 0.15) is 32.6 Å². The zero-order chi connectivity index (χ0) is 16.9. The van der Waals surface area contributed by atoms with E-state index in [9.17, 15) is 14.7 Å². The molecule has 0 atom stereocenters. The van der Waals surface area contributed by atoms with Crippen LogP contribution in [0.5, 0.6) is 0 Å². The normalized spacial score (nSPS) is 21.8. The van der Waals surface area contributed by atoms with Crippen LogP contribution in [0.25, 0.3) is 11.0 Å². The molecule has 0 aromatic carbocycles. The number of nitrogens with zero attached hydrogens (tertiary/aromatic N) is 3. The summed E-state index contributed by atoms with van der Waals surface area (Å²) < 4.78 is 1.47. The van der Waals surface area contributed by atoms with Crippen molar-refractivity contribution in [3.8, 4) is 0 Å². The third-order valence-corrected chi connectivity index (χ3v) is 5.51. The highest BCUT2D eigenvalue weighted by atomic mass is 16.3. The molecule has 128 valence electrons. The Kier molecular flexibility index (Phi) is 3.32. The van der Waals surface area contributed by atoms with Crippen LogP contribution < -0.4 is 5.56 Å². The molecule has 0 bridgehead atoms. The second-order valence-electron chi connectivity index (χ2n) is 7.49. The maximum atomic E-state index is 12.4. The number of aromatic amines is 1. The molecule has 0 spiro atoms. The quantitative estimate of drug-likeness (QED) is 0.874. The maximum Gasteiger partial charge on any atom is 0.262 e. The predicted molar refractivity (Wildman–Crippen MR) is 88.5 cm³/mol. The average molecular weight is 330 g/mol. The van der Waals surface area contributed by atoms with Gasteiger partial charge in [0.1, 0.15) is 5.65 Å². The van der Waals surface area contributed by atoms with Crippen molar-refractivity contribution in [1.29, 1.82) is 0 Å². The highest BCUT2D eigenvalue weighted by molar-refractivity contribution is 5.85. The number of fused-ring (bicyclic) bond motifs is 1. The number of carbonyl (C=O) groups excluding carboxylic acids is 1. The topological polar surface area (TPSA) is 91.2 Å². The van der Waals surface area contributed by atoms with Crippen LogP contribution in [0.2, 0.25) is 0 Å².